The van der Waals surface area contributed by atoms with Gasteiger partial charge in [0.2, 0.25) is 21.9 Å². The second-order valence-electron chi connectivity index (χ2n) is 14.8. The molecule has 1 aromatic heterocycles. The third kappa shape index (κ3) is 9.90. The highest BCUT2D eigenvalue weighted by Crippen LogP contribution is 2.43. The minimum atomic E-state index is -4.76. The van der Waals surface area contributed by atoms with E-state index in [1.165, 1.54) is 39.5 Å². The largest absolute Gasteiger partial charge is 0.444 e. The van der Waals surface area contributed by atoms with Gasteiger partial charge in [0.15, 0.2) is 6.10 Å². The monoisotopic (exact) mass is 775 g/mol. The Labute approximate surface area is 305 Å². The number of carbonyl (C=O) groups excluding carboxylic acids is 2. The van der Waals surface area contributed by atoms with E-state index in [0.29, 0.717) is 11.4 Å². The number of nitrogens with zero attached hydrogens (tertiary/aromatic N) is 5. The Bertz CT molecular complexity index is 1730. The van der Waals surface area contributed by atoms with Gasteiger partial charge in [0, 0.05) is 69.0 Å². The lowest BCUT2D eigenvalue weighted by atomic mass is 9.81. The molecule has 2 saturated heterocycles. The van der Waals surface area contributed by atoms with Crippen molar-refractivity contribution in [2.75, 3.05) is 49.1 Å². The van der Waals surface area contributed by atoms with E-state index in [9.17, 15) is 36.3 Å². The van der Waals surface area contributed by atoms with Crippen LogP contribution in [0.1, 0.15) is 64.3 Å². The number of aromatic nitrogens is 2. The number of aliphatic hydroxyl groups excluding tert-OH is 1. The van der Waals surface area contributed by atoms with E-state index >= 15 is 8.78 Å². The van der Waals surface area contributed by atoms with Gasteiger partial charge in [-0.1, -0.05) is 0 Å². The first-order valence-electron chi connectivity index (χ1n) is 17.5. The molecule has 2 aliphatic heterocycles. The van der Waals surface area contributed by atoms with Crippen molar-refractivity contribution in [2.24, 2.45) is 5.92 Å². The lowest BCUT2D eigenvalue weighted by molar-refractivity contribution is -0.202. The first kappa shape index (κ1) is 40.5. The van der Waals surface area contributed by atoms with Crippen molar-refractivity contribution in [3.8, 4) is 0 Å². The fourth-order valence-corrected chi connectivity index (χ4v) is 8.15. The summed E-state index contributed by atoms with van der Waals surface area (Å²) in [7, 11) is -3.95. The van der Waals surface area contributed by atoms with Gasteiger partial charge >= 0.3 is 12.3 Å². The topological polar surface area (TPSA) is 157 Å². The van der Waals surface area contributed by atoms with E-state index in [2.05, 4.69) is 20.6 Å². The summed E-state index contributed by atoms with van der Waals surface area (Å²) in [5.41, 5.74) is -0.385. The van der Waals surface area contributed by atoms with Crippen LogP contribution in [0.5, 0.6) is 0 Å². The van der Waals surface area contributed by atoms with E-state index < -0.39 is 70.2 Å². The van der Waals surface area contributed by atoms with Crippen LogP contribution in [0.3, 0.4) is 0 Å². The van der Waals surface area contributed by atoms with Crippen LogP contribution in [0.4, 0.5) is 38.4 Å². The Morgan fingerprint density at radius 2 is 1.60 bits per heavy atom. The molecule has 0 spiro atoms. The number of halogens is 5. The van der Waals surface area contributed by atoms with Crippen LogP contribution in [0, 0.1) is 12.8 Å². The molecule has 3 fully saturated rings. The Hall–Kier alpha value is -3.68. The molecule has 5 rings (SSSR count). The number of rotatable bonds is 10. The molecular weight excluding hydrogens is 729 g/mol. The molecule has 1 aromatic carbocycles. The predicted octanol–water partition coefficient (Wildman–Crippen LogP) is 4.09. The number of piperazine rings is 1. The van der Waals surface area contributed by atoms with E-state index in [0.717, 1.165) is 0 Å². The maximum absolute atomic E-state index is 15.8. The fraction of sp³-hybridized carbons (Fsp3) is 0.647. The minimum absolute atomic E-state index is 0.0139. The molecule has 0 radical (unpaired) electrons. The van der Waals surface area contributed by atoms with Gasteiger partial charge in [0.25, 0.3) is 5.92 Å². The third-order valence-electron chi connectivity index (χ3n) is 9.56. The normalized spacial score (nSPS) is 22.9. The van der Waals surface area contributed by atoms with Gasteiger partial charge < -0.3 is 30.3 Å². The number of aliphatic hydroxyl groups is 1. The Morgan fingerprint density at radius 3 is 2.19 bits per heavy atom. The zero-order valence-electron chi connectivity index (χ0n) is 30.0. The molecule has 3 aliphatic rings. The molecule has 53 heavy (non-hydrogen) atoms. The number of alkyl carbamates (subject to hydrolysis) is 1. The number of nitrogens with one attached hydrogen (secondary N) is 2. The average Bonchev–Trinajstić information content (AvgIpc) is 3.45. The summed E-state index contributed by atoms with van der Waals surface area (Å²) in [6.45, 7) is 6.60. The molecule has 2 aromatic rings. The van der Waals surface area contributed by atoms with Crippen molar-refractivity contribution in [1.29, 1.82) is 0 Å². The third-order valence-corrected chi connectivity index (χ3v) is 11.5. The summed E-state index contributed by atoms with van der Waals surface area (Å²) in [5, 5.41) is 14.5. The molecule has 2 amide bonds. The summed E-state index contributed by atoms with van der Waals surface area (Å²) in [6.07, 6.45) is -7.35. The second-order valence-corrected chi connectivity index (χ2v) is 16.7. The molecule has 294 valence electrons. The SMILES string of the molecule is Cc1cc(C(F)(F)C2CCC(NCC(O)C(F)(F)F)CC2)nc(N2CCN(S(=O)(=O)c3ccc(N4C[C@H](NC(=O)OC(C)(C)C)CC4=O)cc3)CC2)n1. The van der Waals surface area contributed by atoms with Crippen molar-refractivity contribution < 1.29 is 49.8 Å². The number of hydrogen-bond donors (Lipinski definition) is 3. The molecule has 3 N–H and O–H groups in total. The van der Waals surface area contributed by atoms with E-state index in [-0.39, 0.29) is 81.6 Å². The number of amides is 2. The Balaban J connectivity index is 1.16. The molecule has 19 heteroatoms. The second kappa shape index (κ2) is 15.6. The number of alkyl halides is 5. The van der Waals surface area contributed by atoms with Crippen LogP contribution in [-0.2, 0) is 25.5 Å². The van der Waals surface area contributed by atoms with Crippen molar-refractivity contribution in [3.05, 3.63) is 41.7 Å². The number of hydrogen-bond acceptors (Lipinski definition) is 10. The minimum Gasteiger partial charge on any atom is -0.444 e. The number of ether oxygens (including phenoxy) is 1. The number of sulfonamides is 1. The van der Waals surface area contributed by atoms with Crippen LogP contribution in [0.2, 0.25) is 0 Å². The number of aryl methyl sites for hydroxylation is 1. The zero-order valence-corrected chi connectivity index (χ0v) is 30.8. The summed E-state index contributed by atoms with van der Waals surface area (Å²) in [5.74, 6) is -4.62. The lowest BCUT2D eigenvalue weighted by Gasteiger charge is -2.36. The summed E-state index contributed by atoms with van der Waals surface area (Å²) in [6, 6.07) is 6.19. The molecule has 2 atom stereocenters. The molecule has 0 bridgehead atoms. The van der Waals surface area contributed by atoms with Crippen LogP contribution in [-0.4, -0.2) is 109 Å². The zero-order chi connectivity index (χ0) is 38.9. The van der Waals surface area contributed by atoms with Crippen molar-refractivity contribution in [3.63, 3.8) is 0 Å². The van der Waals surface area contributed by atoms with Gasteiger partial charge in [-0.3, -0.25) is 4.79 Å². The maximum atomic E-state index is 15.8. The molecule has 1 saturated carbocycles. The Morgan fingerprint density at radius 1 is 0.981 bits per heavy atom. The van der Waals surface area contributed by atoms with Gasteiger partial charge in [-0.15, -0.1) is 0 Å². The quantitative estimate of drug-likeness (QED) is 0.301. The summed E-state index contributed by atoms with van der Waals surface area (Å²) >= 11 is 0. The van der Waals surface area contributed by atoms with Crippen molar-refractivity contribution in [1.82, 2.24) is 24.9 Å². The highest BCUT2D eigenvalue weighted by Gasteiger charge is 2.45. The molecule has 13 nitrogen and oxygen atoms in total. The van der Waals surface area contributed by atoms with E-state index in [1.54, 1.807) is 32.6 Å². The highest BCUT2D eigenvalue weighted by atomic mass is 32.2. The number of carbonyl (C=O) groups is 2. The maximum Gasteiger partial charge on any atom is 0.415 e. The molecular formula is C34H46F5N7O6S. The highest BCUT2D eigenvalue weighted by molar-refractivity contribution is 7.89. The molecule has 1 unspecified atom stereocenters. The summed E-state index contributed by atoms with van der Waals surface area (Å²) < 4.78 is 103. The lowest BCUT2D eigenvalue weighted by Crippen LogP contribution is -2.49. The van der Waals surface area contributed by atoms with Gasteiger partial charge in [0.1, 0.15) is 11.3 Å². The van der Waals surface area contributed by atoms with E-state index in [1.807, 2.05) is 0 Å². The van der Waals surface area contributed by atoms with Gasteiger partial charge in [-0.05, 0) is 83.7 Å². The predicted molar refractivity (Wildman–Crippen MR) is 184 cm³/mol. The van der Waals surface area contributed by atoms with Crippen LogP contribution in [0.15, 0.2) is 35.2 Å². The smallest absolute Gasteiger partial charge is 0.415 e. The number of benzene rings is 1. The molecule has 3 heterocycles. The van der Waals surface area contributed by atoms with Crippen LogP contribution in [0.25, 0.3) is 0 Å². The molecule has 1 aliphatic carbocycles. The van der Waals surface area contributed by atoms with Crippen LogP contribution >= 0.6 is 0 Å². The fourth-order valence-electron chi connectivity index (χ4n) is 6.73. The van der Waals surface area contributed by atoms with Gasteiger partial charge in [-0.2, -0.15) is 26.3 Å². The first-order chi connectivity index (χ1) is 24.6. The standard InChI is InChI=1S/C34H46F5N7O6S/c1-21-17-27(33(35,36)22-5-7-23(8-6-22)40-19-28(47)34(37,38)39)43-30(41-21)44-13-15-45(16-14-44)53(50,51)26-11-9-25(10-12-26)46-20-24(18-29(46)48)42-31(49)52-32(2,3)4/h9-12,17,22-24,28,40,47H,5-8,13-16,18-20H2,1-4H3,(H,42,49)/t22?,23?,24-,28?/m1/s1. The van der Waals surface area contributed by atoms with Crippen molar-refractivity contribution in [2.45, 2.75) is 101 Å². The van der Waals surface area contributed by atoms with Crippen molar-refractivity contribution >= 4 is 33.7 Å². The average molecular weight is 776 g/mol. The van der Waals surface area contributed by atoms with Gasteiger partial charge in [0.05, 0.1) is 10.9 Å². The summed E-state index contributed by atoms with van der Waals surface area (Å²) in [4.78, 5) is 36.5. The first-order valence-corrected chi connectivity index (χ1v) is 18.9. The number of anilines is 2. The van der Waals surface area contributed by atoms with Crippen LogP contribution < -0.4 is 20.4 Å². The Kier molecular flexibility index (Phi) is 11.9. The van der Waals surface area contributed by atoms with Gasteiger partial charge in [-0.25, -0.2) is 23.2 Å². The van der Waals surface area contributed by atoms with E-state index in [4.69, 9.17) is 4.74 Å².